The molecule has 8 heteroatoms. The van der Waals surface area contributed by atoms with Crippen LogP contribution in [0.25, 0.3) is 0 Å². The summed E-state index contributed by atoms with van der Waals surface area (Å²) >= 11 is 0. The van der Waals surface area contributed by atoms with E-state index in [0.717, 1.165) is 11.3 Å². The highest BCUT2D eigenvalue weighted by Crippen LogP contribution is 2.28. The van der Waals surface area contributed by atoms with Crippen molar-refractivity contribution in [3.8, 4) is 11.5 Å². The van der Waals surface area contributed by atoms with Gasteiger partial charge in [0.25, 0.3) is 5.56 Å². The molecular weight excluding hydrogens is 360 g/mol. The van der Waals surface area contributed by atoms with Crippen molar-refractivity contribution in [2.45, 2.75) is 13.5 Å². The van der Waals surface area contributed by atoms with Crippen LogP contribution < -0.4 is 25.7 Å². The van der Waals surface area contributed by atoms with Crippen molar-refractivity contribution in [1.29, 1.82) is 0 Å². The van der Waals surface area contributed by atoms with Gasteiger partial charge in [-0.15, -0.1) is 0 Å². The zero-order valence-corrected chi connectivity index (χ0v) is 15.5. The first-order chi connectivity index (χ1) is 13.6. The molecule has 0 radical (unpaired) electrons. The topological polar surface area (TPSA) is 105 Å². The van der Waals surface area contributed by atoms with Gasteiger partial charge in [0.05, 0.1) is 30.7 Å². The molecule has 0 fully saturated rings. The first kappa shape index (κ1) is 19.0. The Hall–Kier alpha value is -3.81. The van der Waals surface area contributed by atoms with Crippen molar-refractivity contribution in [1.82, 2.24) is 9.97 Å². The van der Waals surface area contributed by atoms with Gasteiger partial charge in [0, 0.05) is 12.4 Å². The zero-order valence-electron chi connectivity index (χ0n) is 15.5. The molecule has 3 aromatic rings. The van der Waals surface area contributed by atoms with Crippen LogP contribution in [0.1, 0.15) is 11.3 Å². The number of nitrogens with one attached hydrogen (secondary N) is 3. The third-order valence-corrected chi connectivity index (χ3v) is 3.98. The molecule has 1 amide bonds. The van der Waals surface area contributed by atoms with Gasteiger partial charge in [0.1, 0.15) is 5.75 Å². The number of methoxy groups -OCH3 is 1. The minimum absolute atomic E-state index is 0.136. The largest absolute Gasteiger partial charge is 0.495 e. The number of ether oxygens (including phenoxy) is 2. The Kier molecular flexibility index (Phi) is 5.91. The third kappa shape index (κ3) is 4.47. The highest BCUT2D eigenvalue weighted by atomic mass is 16.6. The molecule has 0 saturated heterocycles. The summed E-state index contributed by atoms with van der Waals surface area (Å²) in [5.74, 6) is 0.357. The summed E-state index contributed by atoms with van der Waals surface area (Å²) in [6.07, 6.45) is 2.35. The minimum atomic E-state index is -0.801. The lowest BCUT2D eigenvalue weighted by Crippen LogP contribution is -2.23. The molecule has 8 nitrogen and oxygen atoms in total. The van der Waals surface area contributed by atoms with E-state index in [1.54, 1.807) is 18.3 Å². The maximum Gasteiger partial charge on any atom is 0.417 e. The quantitative estimate of drug-likeness (QED) is 0.606. The van der Waals surface area contributed by atoms with Gasteiger partial charge in [-0.2, -0.15) is 0 Å². The fourth-order valence-corrected chi connectivity index (χ4v) is 2.58. The summed E-state index contributed by atoms with van der Waals surface area (Å²) in [7, 11) is 1.51. The van der Waals surface area contributed by atoms with E-state index in [2.05, 4.69) is 20.6 Å². The summed E-state index contributed by atoms with van der Waals surface area (Å²) in [5, 5.41) is 5.69. The van der Waals surface area contributed by atoms with Crippen LogP contribution in [0.5, 0.6) is 11.5 Å². The Morgan fingerprint density at radius 2 is 2.04 bits per heavy atom. The van der Waals surface area contributed by atoms with Gasteiger partial charge in [-0.05, 0) is 36.8 Å². The molecule has 0 spiro atoms. The summed E-state index contributed by atoms with van der Waals surface area (Å²) in [6, 6.07) is 12.5. The average Bonchev–Trinajstić information content (AvgIpc) is 2.70. The Morgan fingerprint density at radius 1 is 1.18 bits per heavy atom. The Balaban J connectivity index is 1.77. The fraction of sp³-hybridized carbons (Fsp3) is 0.150. The number of anilines is 2. The van der Waals surface area contributed by atoms with E-state index in [0.29, 0.717) is 23.7 Å². The minimum Gasteiger partial charge on any atom is -0.495 e. The molecule has 0 unspecified atom stereocenters. The predicted molar refractivity (Wildman–Crippen MR) is 106 cm³/mol. The summed E-state index contributed by atoms with van der Waals surface area (Å²) in [6.45, 7) is 2.20. The van der Waals surface area contributed by atoms with E-state index in [4.69, 9.17) is 9.47 Å². The first-order valence-corrected chi connectivity index (χ1v) is 8.56. The number of rotatable bonds is 6. The van der Waals surface area contributed by atoms with Crippen LogP contribution in [0.4, 0.5) is 16.2 Å². The average molecular weight is 380 g/mol. The van der Waals surface area contributed by atoms with Crippen molar-refractivity contribution < 1.29 is 14.3 Å². The van der Waals surface area contributed by atoms with Crippen LogP contribution in [-0.2, 0) is 6.54 Å². The van der Waals surface area contributed by atoms with Gasteiger partial charge in [-0.3, -0.25) is 15.1 Å². The van der Waals surface area contributed by atoms with Crippen molar-refractivity contribution in [2.24, 2.45) is 0 Å². The van der Waals surface area contributed by atoms with Gasteiger partial charge >= 0.3 is 6.09 Å². The SMILES string of the molecule is COc1cccc(C)c1NC(=O)Oc1c(NCc2ccccn2)cc[nH]c1=O. The number of carbonyl (C=O) groups excluding carboxylic acids is 1. The van der Waals surface area contributed by atoms with Crippen LogP contribution in [0.3, 0.4) is 0 Å². The van der Waals surface area contributed by atoms with E-state index < -0.39 is 11.7 Å². The van der Waals surface area contributed by atoms with E-state index in [-0.39, 0.29) is 5.75 Å². The standard InChI is InChI=1S/C20H20N4O4/c1-13-6-5-8-16(27-2)17(13)24-20(26)28-18-15(9-11-22-19(18)25)23-12-14-7-3-4-10-21-14/h3-11H,12H2,1-2H3,(H,24,26)(H2,22,23,25). The van der Waals surface area contributed by atoms with E-state index >= 15 is 0 Å². The molecule has 0 aliphatic heterocycles. The van der Waals surface area contributed by atoms with Crippen molar-refractivity contribution in [2.75, 3.05) is 17.7 Å². The maximum absolute atomic E-state index is 12.4. The maximum atomic E-state index is 12.4. The Labute approximate surface area is 161 Å². The van der Waals surface area contributed by atoms with Crippen LogP contribution in [-0.4, -0.2) is 23.2 Å². The Morgan fingerprint density at radius 3 is 2.79 bits per heavy atom. The third-order valence-electron chi connectivity index (χ3n) is 3.98. The molecule has 0 aliphatic carbocycles. The number of aryl methyl sites for hydroxylation is 1. The molecule has 3 rings (SSSR count). The highest BCUT2D eigenvalue weighted by molar-refractivity contribution is 5.90. The first-order valence-electron chi connectivity index (χ1n) is 8.56. The molecule has 2 aromatic heterocycles. The number of nitrogens with zero attached hydrogens (tertiary/aromatic N) is 1. The number of carbonyl (C=O) groups is 1. The number of hydrogen-bond acceptors (Lipinski definition) is 6. The van der Waals surface area contributed by atoms with Crippen LogP contribution >= 0.6 is 0 Å². The fourth-order valence-electron chi connectivity index (χ4n) is 2.58. The molecule has 28 heavy (non-hydrogen) atoms. The lowest BCUT2D eigenvalue weighted by atomic mass is 10.2. The van der Waals surface area contributed by atoms with E-state index in [9.17, 15) is 9.59 Å². The second-order valence-electron chi connectivity index (χ2n) is 5.89. The predicted octanol–water partition coefficient (Wildman–Crippen LogP) is 3.31. The van der Waals surface area contributed by atoms with Crippen molar-refractivity contribution in [3.05, 3.63) is 76.5 Å². The van der Waals surface area contributed by atoms with Gasteiger partial charge in [-0.1, -0.05) is 18.2 Å². The number of para-hydroxylation sites is 1. The zero-order chi connectivity index (χ0) is 19.9. The number of aromatic amines is 1. The molecule has 0 atom stereocenters. The molecular formula is C20H20N4O4. The molecule has 1 aromatic carbocycles. The van der Waals surface area contributed by atoms with Crippen LogP contribution in [0.2, 0.25) is 0 Å². The number of benzene rings is 1. The molecule has 144 valence electrons. The second kappa shape index (κ2) is 8.72. The molecule has 3 N–H and O–H groups in total. The molecule has 0 bridgehead atoms. The number of aromatic nitrogens is 2. The number of hydrogen-bond donors (Lipinski definition) is 3. The number of H-pyrrole nitrogens is 1. The van der Waals surface area contributed by atoms with Crippen LogP contribution in [0, 0.1) is 6.92 Å². The normalized spacial score (nSPS) is 10.2. The van der Waals surface area contributed by atoms with Crippen LogP contribution in [0.15, 0.2) is 59.7 Å². The Bertz CT molecular complexity index is 1020. The van der Waals surface area contributed by atoms with Gasteiger partial charge in [0.15, 0.2) is 0 Å². The van der Waals surface area contributed by atoms with Crippen molar-refractivity contribution in [3.63, 3.8) is 0 Å². The van der Waals surface area contributed by atoms with Gasteiger partial charge < -0.3 is 19.8 Å². The lowest BCUT2D eigenvalue weighted by Gasteiger charge is -2.14. The molecule has 2 heterocycles. The smallest absolute Gasteiger partial charge is 0.417 e. The number of pyridine rings is 2. The summed E-state index contributed by atoms with van der Waals surface area (Å²) in [4.78, 5) is 31.3. The van der Waals surface area contributed by atoms with Gasteiger partial charge in [-0.25, -0.2) is 4.79 Å². The second-order valence-corrected chi connectivity index (χ2v) is 5.89. The summed E-state index contributed by atoms with van der Waals surface area (Å²) in [5.41, 5.74) is 1.90. The molecule has 0 aliphatic rings. The molecule has 0 saturated carbocycles. The monoisotopic (exact) mass is 380 g/mol. The van der Waals surface area contributed by atoms with E-state index in [1.807, 2.05) is 37.3 Å². The number of amides is 1. The summed E-state index contributed by atoms with van der Waals surface area (Å²) < 4.78 is 10.5. The van der Waals surface area contributed by atoms with Gasteiger partial charge in [0.2, 0.25) is 5.75 Å². The lowest BCUT2D eigenvalue weighted by molar-refractivity contribution is 0.214. The van der Waals surface area contributed by atoms with E-state index in [1.165, 1.54) is 13.3 Å². The highest BCUT2D eigenvalue weighted by Gasteiger charge is 2.16. The van der Waals surface area contributed by atoms with Crippen molar-refractivity contribution >= 4 is 17.5 Å².